The van der Waals surface area contributed by atoms with E-state index in [1.165, 1.54) is 14.7 Å². The van der Waals surface area contributed by atoms with Gasteiger partial charge in [-0.2, -0.15) is 0 Å². The fourth-order valence-electron chi connectivity index (χ4n) is 4.29. The number of nitrogens with zero attached hydrogens (tertiary/aromatic N) is 3. The molecular weight excluding hydrogens is 558 g/mol. The van der Waals surface area contributed by atoms with Gasteiger partial charge in [-0.25, -0.2) is 4.79 Å². The standard InChI is InChI=1S/C34H35N5O5/c1-25-12-10-13-26(20-25)36-34(43)35-22-31(40)39(23-32(41)37(2)27-14-6-4-7-15-27)29-18-11-19-30(21-29)44-24-33(42)38(3)28-16-8-5-9-17-28/h4-21H,22-24H2,1-3H3,(H2,35,36,43). The zero-order valence-electron chi connectivity index (χ0n) is 24.9. The maximum absolute atomic E-state index is 13.5. The van der Waals surface area contributed by atoms with Crippen molar-refractivity contribution in [1.82, 2.24) is 5.32 Å². The molecule has 0 bridgehead atoms. The van der Waals surface area contributed by atoms with Gasteiger partial charge in [0.1, 0.15) is 12.3 Å². The Kier molecular flexibility index (Phi) is 10.7. The Morgan fingerprint density at radius 1 is 0.659 bits per heavy atom. The molecule has 2 N–H and O–H groups in total. The van der Waals surface area contributed by atoms with Crippen LogP contribution in [0.3, 0.4) is 0 Å². The predicted molar refractivity (Wildman–Crippen MR) is 172 cm³/mol. The summed E-state index contributed by atoms with van der Waals surface area (Å²) in [4.78, 5) is 56.3. The Morgan fingerprint density at radius 3 is 1.89 bits per heavy atom. The number of benzene rings is 4. The minimum atomic E-state index is -0.560. The van der Waals surface area contributed by atoms with Gasteiger partial charge in [-0.15, -0.1) is 0 Å². The summed E-state index contributed by atoms with van der Waals surface area (Å²) >= 11 is 0. The van der Waals surface area contributed by atoms with E-state index in [2.05, 4.69) is 10.6 Å². The molecule has 4 aromatic carbocycles. The van der Waals surface area contributed by atoms with Crippen LogP contribution in [0.25, 0.3) is 0 Å². The number of amides is 5. The van der Waals surface area contributed by atoms with Gasteiger partial charge in [0.15, 0.2) is 6.61 Å². The summed E-state index contributed by atoms with van der Waals surface area (Å²) in [5.74, 6) is -0.793. The van der Waals surface area contributed by atoms with Crippen LogP contribution in [0.4, 0.5) is 27.5 Å². The average Bonchev–Trinajstić information content (AvgIpc) is 3.05. The van der Waals surface area contributed by atoms with Crippen molar-refractivity contribution in [3.8, 4) is 5.75 Å². The third kappa shape index (κ3) is 8.68. The molecule has 4 rings (SSSR count). The van der Waals surface area contributed by atoms with Crippen LogP contribution in [-0.2, 0) is 14.4 Å². The van der Waals surface area contributed by atoms with Crippen LogP contribution < -0.4 is 30.1 Å². The molecule has 10 heteroatoms. The van der Waals surface area contributed by atoms with Crippen molar-refractivity contribution in [1.29, 1.82) is 0 Å². The lowest BCUT2D eigenvalue weighted by Gasteiger charge is -2.26. The zero-order valence-corrected chi connectivity index (χ0v) is 24.9. The van der Waals surface area contributed by atoms with Gasteiger partial charge in [0, 0.05) is 42.9 Å². The molecule has 0 radical (unpaired) electrons. The summed E-state index contributed by atoms with van der Waals surface area (Å²) in [6.07, 6.45) is 0. The molecule has 4 aromatic rings. The number of rotatable bonds is 11. The summed E-state index contributed by atoms with van der Waals surface area (Å²) in [5, 5.41) is 5.27. The van der Waals surface area contributed by atoms with Crippen molar-refractivity contribution < 1.29 is 23.9 Å². The lowest BCUT2D eigenvalue weighted by molar-refractivity contribution is -0.121. The van der Waals surface area contributed by atoms with Crippen LogP contribution in [0.5, 0.6) is 5.75 Å². The highest BCUT2D eigenvalue weighted by Gasteiger charge is 2.23. The Bertz CT molecular complexity index is 1600. The van der Waals surface area contributed by atoms with Gasteiger partial charge in [0.2, 0.25) is 11.8 Å². The third-order valence-electron chi connectivity index (χ3n) is 6.80. The van der Waals surface area contributed by atoms with Gasteiger partial charge < -0.3 is 30.1 Å². The number of aryl methyl sites for hydroxylation is 1. The first-order valence-electron chi connectivity index (χ1n) is 14.0. The van der Waals surface area contributed by atoms with Crippen molar-refractivity contribution in [3.63, 3.8) is 0 Å². The monoisotopic (exact) mass is 593 g/mol. The number of urea groups is 1. The molecule has 226 valence electrons. The molecule has 5 amide bonds. The van der Waals surface area contributed by atoms with Crippen LogP contribution in [-0.4, -0.2) is 57.5 Å². The predicted octanol–water partition coefficient (Wildman–Crippen LogP) is 4.85. The zero-order chi connectivity index (χ0) is 31.5. The van der Waals surface area contributed by atoms with E-state index in [0.29, 0.717) is 22.8 Å². The van der Waals surface area contributed by atoms with Crippen molar-refractivity contribution in [2.75, 3.05) is 53.8 Å². The molecule has 0 spiro atoms. The van der Waals surface area contributed by atoms with E-state index in [1.54, 1.807) is 62.6 Å². The van der Waals surface area contributed by atoms with E-state index in [-0.39, 0.29) is 31.5 Å². The van der Waals surface area contributed by atoms with Crippen LogP contribution >= 0.6 is 0 Å². The Labute approximate surface area is 256 Å². The molecule has 0 fully saturated rings. The maximum Gasteiger partial charge on any atom is 0.319 e. The van der Waals surface area contributed by atoms with E-state index >= 15 is 0 Å². The first-order chi connectivity index (χ1) is 21.2. The van der Waals surface area contributed by atoms with Crippen molar-refractivity contribution in [2.45, 2.75) is 6.92 Å². The van der Waals surface area contributed by atoms with Crippen molar-refractivity contribution >= 4 is 46.5 Å². The Morgan fingerprint density at radius 2 is 1.25 bits per heavy atom. The van der Waals surface area contributed by atoms with Gasteiger partial charge in [0.05, 0.1) is 6.54 Å². The molecule has 0 saturated heterocycles. The van der Waals surface area contributed by atoms with Crippen LogP contribution in [0.2, 0.25) is 0 Å². The quantitative estimate of drug-likeness (QED) is 0.258. The largest absolute Gasteiger partial charge is 0.484 e. The van der Waals surface area contributed by atoms with E-state index in [0.717, 1.165) is 11.3 Å². The minimum Gasteiger partial charge on any atom is -0.484 e. The second-order valence-electron chi connectivity index (χ2n) is 10.0. The second kappa shape index (κ2) is 15.0. The number of hydrogen-bond acceptors (Lipinski definition) is 5. The summed E-state index contributed by atoms with van der Waals surface area (Å²) in [6, 6.07) is 31.5. The molecule has 0 saturated carbocycles. The number of para-hydroxylation sites is 2. The number of anilines is 4. The number of carbonyl (C=O) groups is 4. The smallest absolute Gasteiger partial charge is 0.319 e. The number of hydrogen-bond donors (Lipinski definition) is 2. The highest BCUT2D eigenvalue weighted by atomic mass is 16.5. The SMILES string of the molecule is Cc1cccc(NC(=O)NCC(=O)N(CC(=O)N(C)c2ccccc2)c2cccc(OCC(=O)N(C)c3ccccc3)c2)c1. The highest BCUT2D eigenvalue weighted by molar-refractivity contribution is 6.05. The molecule has 0 atom stereocenters. The van der Waals surface area contributed by atoms with Crippen LogP contribution in [0.15, 0.2) is 109 Å². The third-order valence-corrected chi connectivity index (χ3v) is 6.80. The van der Waals surface area contributed by atoms with Crippen LogP contribution in [0, 0.1) is 6.92 Å². The lowest BCUT2D eigenvalue weighted by Crippen LogP contribution is -2.46. The lowest BCUT2D eigenvalue weighted by atomic mass is 10.2. The van der Waals surface area contributed by atoms with E-state index in [1.807, 2.05) is 67.6 Å². The molecule has 0 aliphatic carbocycles. The number of carbonyl (C=O) groups excluding carboxylic acids is 4. The fourth-order valence-corrected chi connectivity index (χ4v) is 4.29. The topological polar surface area (TPSA) is 111 Å². The van der Waals surface area contributed by atoms with Gasteiger partial charge in [0.25, 0.3) is 5.91 Å². The fraction of sp³-hybridized carbons (Fsp3) is 0.176. The molecule has 0 aliphatic rings. The number of likely N-dealkylation sites (N-methyl/N-ethyl adjacent to an activating group) is 2. The van der Waals surface area contributed by atoms with E-state index < -0.39 is 11.9 Å². The summed E-state index contributed by atoms with van der Waals surface area (Å²) in [5.41, 5.74) is 3.32. The molecule has 0 heterocycles. The Hall–Kier alpha value is -5.64. The van der Waals surface area contributed by atoms with Crippen molar-refractivity contribution in [3.05, 3.63) is 115 Å². The van der Waals surface area contributed by atoms with Gasteiger partial charge in [-0.05, 0) is 61.0 Å². The summed E-state index contributed by atoms with van der Waals surface area (Å²) in [6.45, 7) is 0.998. The molecule has 44 heavy (non-hydrogen) atoms. The van der Waals surface area contributed by atoms with Gasteiger partial charge in [-0.3, -0.25) is 14.4 Å². The first-order valence-corrected chi connectivity index (χ1v) is 14.0. The van der Waals surface area contributed by atoms with Crippen LogP contribution in [0.1, 0.15) is 5.56 Å². The summed E-state index contributed by atoms with van der Waals surface area (Å²) < 4.78 is 5.77. The van der Waals surface area contributed by atoms with Gasteiger partial charge in [-0.1, -0.05) is 54.6 Å². The number of ether oxygens (including phenoxy) is 1. The van der Waals surface area contributed by atoms with Gasteiger partial charge >= 0.3 is 6.03 Å². The van der Waals surface area contributed by atoms with E-state index in [4.69, 9.17) is 4.74 Å². The average molecular weight is 594 g/mol. The Balaban J connectivity index is 1.47. The summed E-state index contributed by atoms with van der Waals surface area (Å²) in [7, 11) is 3.29. The molecule has 0 aromatic heterocycles. The molecule has 10 nitrogen and oxygen atoms in total. The molecule has 0 unspecified atom stereocenters. The molecular formula is C34H35N5O5. The minimum absolute atomic E-state index is 0.237. The van der Waals surface area contributed by atoms with Crippen molar-refractivity contribution in [2.24, 2.45) is 0 Å². The number of nitrogens with one attached hydrogen (secondary N) is 2. The second-order valence-corrected chi connectivity index (χ2v) is 10.0. The molecule has 0 aliphatic heterocycles. The first kappa shape index (κ1) is 31.3. The highest BCUT2D eigenvalue weighted by Crippen LogP contribution is 2.23. The normalized spacial score (nSPS) is 10.3. The van der Waals surface area contributed by atoms with E-state index in [9.17, 15) is 19.2 Å². The maximum atomic E-state index is 13.5.